The van der Waals surface area contributed by atoms with Gasteiger partial charge in [0.05, 0.1) is 0 Å². The molecule has 1 aliphatic carbocycles. The van der Waals surface area contributed by atoms with Crippen molar-refractivity contribution in [2.45, 2.75) is 58.4 Å². The van der Waals surface area contributed by atoms with Crippen molar-refractivity contribution >= 4 is 0 Å². The Morgan fingerprint density at radius 2 is 2.00 bits per heavy atom. The van der Waals surface area contributed by atoms with Crippen molar-refractivity contribution in [2.24, 2.45) is 5.92 Å². The van der Waals surface area contributed by atoms with Gasteiger partial charge in [-0.2, -0.15) is 0 Å². The molecule has 1 aromatic rings. The van der Waals surface area contributed by atoms with Crippen molar-refractivity contribution in [3.63, 3.8) is 0 Å². The van der Waals surface area contributed by atoms with E-state index in [-0.39, 0.29) is 0 Å². The monoisotopic (exact) mass is 206 g/mol. The van der Waals surface area contributed by atoms with E-state index in [9.17, 15) is 0 Å². The first kappa shape index (κ1) is 10.7. The molecule has 0 spiro atoms. The highest BCUT2D eigenvalue weighted by molar-refractivity contribution is 4.95. The molecule has 84 valence electrons. The van der Waals surface area contributed by atoms with Crippen LogP contribution in [0, 0.1) is 5.92 Å². The molecule has 2 rings (SSSR count). The van der Waals surface area contributed by atoms with Crippen molar-refractivity contribution in [3.8, 4) is 0 Å². The Morgan fingerprint density at radius 3 is 2.60 bits per heavy atom. The average Bonchev–Trinajstić information content (AvgIpc) is 2.77. The van der Waals surface area contributed by atoms with Crippen LogP contribution >= 0.6 is 0 Å². The maximum absolute atomic E-state index is 4.41. The summed E-state index contributed by atoms with van der Waals surface area (Å²) in [7, 11) is 0. The Labute approximate surface area is 92.7 Å². The quantitative estimate of drug-likeness (QED) is 0.739. The van der Waals surface area contributed by atoms with Crippen LogP contribution in [0.5, 0.6) is 0 Å². The molecule has 0 bridgehead atoms. The van der Waals surface area contributed by atoms with E-state index in [0.29, 0.717) is 0 Å². The van der Waals surface area contributed by atoms with Crippen LogP contribution in [0.4, 0.5) is 0 Å². The minimum absolute atomic E-state index is 0.727. The fourth-order valence-corrected chi connectivity index (χ4v) is 2.78. The summed E-state index contributed by atoms with van der Waals surface area (Å²) < 4.78 is 2.41. The van der Waals surface area contributed by atoms with Crippen molar-refractivity contribution in [2.75, 3.05) is 0 Å². The van der Waals surface area contributed by atoms with Crippen LogP contribution < -0.4 is 0 Å². The van der Waals surface area contributed by atoms with Gasteiger partial charge in [-0.15, -0.1) is 0 Å². The molecule has 0 radical (unpaired) electrons. The van der Waals surface area contributed by atoms with E-state index < -0.39 is 0 Å². The average molecular weight is 206 g/mol. The molecule has 15 heavy (non-hydrogen) atoms. The van der Waals surface area contributed by atoms with Crippen molar-refractivity contribution in [3.05, 3.63) is 18.2 Å². The number of hydrogen-bond acceptors (Lipinski definition) is 1. The highest BCUT2D eigenvalue weighted by Gasteiger charge is 2.21. The lowest BCUT2D eigenvalue weighted by Gasteiger charge is -2.29. The first-order valence-corrected chi connectivity index (χ1v) is 6.36. The van der Waals surface area contributed by atoms with Crippen LogP contribution in [-0.4, -0.2) is 9.55 Å². The molecule has 2 nitrogen and oxygen atoms in total. The Bertz CT molecular complexity index is 295. The van der Waals surface area contributed by atoms with Crippen molar-refractivity contribution in [1.82, 2.24) is 9.55 Å². The second kappa shape index (κ2) is 4.82. The number of hydrogen-bond donors (Lipinski definition) is 0. The fourth-order valence-electron chi connectivity index (χ4n) is 2.78. The molecule has 0 aliphatic heterocycles. The van der Waals surface area contributed by atoms with Gasteiger partial charge in [-0.1, -0.05) is 20.3 Å². The van der Waals surface area contributed by atoms with Crippen LogP contribution in [0.15, 0.2) is 12.4 Å². The molecule has 2 heteroatoms. The zero-order valence-electron chi connectivity index (χ0n) is 9.95. The molecular formula is C13H22N2. The third kappa shape index (κ3) is 2.24. The molecule has 1 aromatic heterocycles. The van der Waals surface area contributed by atoms with Crippen molar-refractivity contribution in [1.29, 1.82) is 0 Å². The zero-order valence-corrected chi connectivity index (χ0v) is 9.95. The van der Waals surface area contributed by atoms with E-state index in [1.165, 1.54) is 37.9 Å². The second-order valence-corrected chi connectivity index (χ2v) is 4.69. The van der Waals surface area contributed by atoms with E-state index in [1.54, 1.807) is 0 Å². The standard InChI is InChI=1S/C13H22N2/c1-3-11-5-7-12(8-6-11)15-10-9-14-13(15)4-2/h9-12H,3-8H2,1-2H3. The SMILES string of the molecule is CCc1nccn1C1CCC(CC)CC1. The van der Waals surface area contributed by atoms with Crippen LogP contribution in [0.1, 0.15) is 57.8 Å². The van der Waals surface area contributed by atoms with Gasteiger partial charge < -0.3 is 4.57 Å². The van der Waals surface area contributed by atoms with Crippen LogP contribution in [0.3, 0.4) is 0 Å². The van der Waals surface area contributed by atoms with E-state index in [0.717, 1.165) is 18.4 Å². The molecule has 0 atom stereocenters. The van der Waals surface area contributed by atoms with Gasteiger partial charge in [0.2, 0.25) is 0 Å². The maximum atomic E-state index is 4.41. The topological polar surface area (TPSA) is 17.8 Å². The smallest absolute Gasteiger partial charge is 0.108 e. The number of aromatic nitrogens is 2. The summed E-state index contributed by atoms with van der Waals surface area (Å²) in [4.78, 5) is 4.41. The maximum Gasteiger partial charge on any atom is 0.108 e. The van der Waals surface area contributed by atoms with Gasteiger partial charge in [0.1, 0.15) is 5.82 Å². The highest BCUT2D eigenvalue weighted by atomic mass is 15.1. The van der Waals surface area contributed by atoms with Crippen LogP contribution in [-0.2, 0) is 6.42 Å². The number of nitrogens with zero attached hydrogens (tertiary/aromatic N) is 2. The summed E-state index contributed by atoms with van der Waals surface area (Å²) in [5.41, 5.74) is 0. The first-order valence-electron chi connectivity index (χ1n) is 6.36. The minimum atomic E-state index is 0.727. The summed E-state index contributed by atoms with van der Waals surface area (Å²) in [5, 5.41) is 0. The van der Waals surface area contributed by atoms with Gasteiger partial charge in [-0.25, -0.2) is 4.98 Å². The number of aryl methyl sites for hydroxylation is 1. The van der Waals surface area contributed by atoms with Crippen molar-refractivity contribution < 1.29 is 0 Å². The molecule has 0 aromatic carbocycles. The first-order chi connectivity index (χ1) is 7.35. The van der Waals surface area contributed by atoms with Gasteiger partial charge in [0, 0.05) is 24.9 Å². The fraction of sp³-hybridized carbons (Fsp3) is 0.769. The van der Waals surface area contributed by atoms with Gasteiger partial charge in [0.15, 0.2) is 0 Å². The molecule has 1 fully saturated rings. The normalized spacial score (nSPS) is 26.8. The predicted molar refractivity (Wildman–Crippen MR) is 62.9 cm³/mol. The summed E-state index contributed by atoms with van der Waals surface area (Å²) in [6.07, 6.45) is 12.0. The summed E-state index contributed by atoms with van der Waals surface area (Å²) >= 11 is 0. The summed E-state index contributed by atoms with van der Waals surface area (Å²) in [6.45, 7) is 4.51. The number of rotatable bonds is 3. The third-order valence-corrected chi connectivity index (χ3v) is 3.85. The molecule has 1 saturated carbocycles. The zero-order chi connectivity index (χ0) is 10.7. The second-order valence-electron chi connectivity index (χ2n) is 4.69. The molecule has 0 amide bonds. The van der Waals surface area contributed by atoms with Crippen LogP contribution in [0.2, 0.25) is 0 Å². The van der Waals surface area contributed by atoms with Gasteiger partial charge in [-0.3, -0.25) is 0 Å². The van der Waals surface area contributed by atoms with E-state index in [2.05, 4.69) is 29.6 Å². The molecular weight excluding hydrogens is 184 g/mol. The molecule has 1 aliphatic rings. The van der Waals surface area contributed by atoms with Gasteiger partial charge in [-0.05, 0) is 31.6 Å². The van der Waals surface area contributed by atoms with E-state index in [1.807, 2.05) is 6.20 Å². The Kier molecular flexibility index (Phi) is 3.45. The lowest BCUT2D eigenvalue weighted by atomic mass is 9.84. The summed E-state index contributed by atoms with van der Waals surface area (Å²) in [5.74, 6) is 2.24. The summed E-state index contributed by atoms with van der Waals surface area (Å²) in [6, 6.07) is 0.727. The minimum Gasteiger partial charge on any atom is -0.332 e. The predicted octanol–water partition coefficient (Wildman–Crippen LogP) is 3.59. The number of imidazole rings is 1. The van der Waals surface area contributed by atoms with Gasteiger partial charge >= 0.3 is 0 Å². The highest BCUT2D eigenvalue weighted by Crippen LogP contribution is 2.34. The van der Waals surface area contributed by atoms with Crippen LogP contribution in [0.25, 0.3) is 0 Å². The third-order valence-electron chi connectivity index (χ3n) is 3.85. The molecule has 0 saturated heterocycles. The Morgan fingerprint density at radius 1 is 1.27 bits per heavy atom. The molecule has 1 heterocycles. The Balaban J connectivity index is 2.01. The van der Waals surface area contributed by atoms with E-state index >= 15 is 0 Å². The Hall–Kier alpha value is -0.790. The molecule has 0 N–H and O–H groups in total. The lowest BCUT2D eigenvalue weighted by molar-refractivity contribution is 0.266. The largest absolute Gasteiger partial charge is 0.332 e. The molecule has 0 unspecified atom stereocenters. The van der Waals surface area contributed by atoms with E-state index in [4.69, 9.17) is 0 Å². The van der Waals surface area contributed by atoms with Gasteiger partial charge in [0.25, 0.3) is 0 Å². The lowest BCUT2D eigenvalue weighted by Crippen LogP contribution is -2.18.